The Morgan fingerprint density at radius 1 is 1.14 bits per heavy atom. The summed E-state index contributed by atoms with van der Waals surface area (Å²) in [6.07, 6.45) is 0. The summed E-state index contributed by atoms with van der Waals surface area (Å²) in [5, 5.41) is 3.45. The first-order valence-corrected chi connectivity index (χ1v) is 7.82. The van der Waals surface area contributed by atoms with E-state index in [2.05, 4.69) is 76.0 Å². The molecule has 0 saturated heterocycles. The number of likely N-dealkylation sites (N-methyl/N-ethyl adjacent to an activating group) is 1. The Morgan fingerprint density at radius 2 is 1.81 bits per heavy atom. The number of anilines is 2. The van der Waals surface area contributed by atoms with Crippen LogP contribution in [0, 0.1) is 5.92 Å². The summed E-state index contributed by atoms with van der Waals surface area (Å²) < 4.78 is 0. The lowest BCUT2D eigenvalue weighted by Crippen LogP contribution is -2.35. The number of hydrogen-bond donors (Lipinski definition) is 1. The molecular weight excluding hydrogens is 260 g/mol. The summed E-state index contributed by atoms with van der Waals surface area (Å²) in [6, 6.07) is 6.22. The average molecular weight is 292 g/mol. The normalized spacial score (nSPS) is 12.0. The zero-order chi connectivity index (χ0) is 16.0. The fourth-order valence-corrected chi connectivity index (χ4v) is 2.11. The standard InChI is InChI=1S/C17H32N4/c1-14(2)13-21(12-11-20(6)7)16-10-8-9-15(18-16)19-17(3,4)5/h8-10,14H,11-13H2,1-7H3,(H,18,19). The van der Waals surface area contributed by atoms with E-state index in [1.807, 2.05) is 6.07 Å². The third kappa shape index (κ3) is 7.32. The van der Waals surface area contributed by atoms with Crippen LogP contribution >= 0.6 is 0 Å². The van der Waals surface area contributed by atoms with Gasteiger partial charge in [-0.1, -0.05) is 19.9 Å². The van der Waals surface area contributed by atoms with Gasteiger partial charge < -0.3 is 15.1 Å². The predicted octanol–water partition coefficient (Wildman–Crippen LogP) is 3.32. The molecule has 0 unspecified atom stereocenters. The Balaban J connectivity index is 2.87. The van der Waals surface area contributed by atoms with Gasteiger partial charge in [0.1, 0.15) is 11.6 Å². The van der Waals surface area contributed by atoms with Gasteiger partial charge in [0.25, 0.3) is 0 Å². The lowest BCUT2D eigenvalue weighted by molar-refractivity contribution is 0.408. The number of hydrogen-bond acceptors (Lipinski definition) is 4. The molecule has 0 aliphatic carbocycles. The Bertz CT molecular complexity index is 421. The second-order valence-electron chi connectivity index (χ2n) is 7.40. The van der Waals surface area contributed by atoms with E-state index in [0.29, 0.717) is 5.92 Å². The summed E-state index contributed by atoms with van der Waals surface area (Å²) in [5.41, 5.74) is 0.0259. The molecular formula is C17H32N4. The van der Waals surface area contributed by atoms with Crippen molar-refractivity contribution in [3.8, 4) is 0 Å². The van der Waals surface area contributed by atoms with E-state index in [4.69, 9.17) is 4.98 Å². The van der Waals surface area contributed by atoms with Crippen molar-refractivity contribution >= 4 is 11.6 Å². The smallest absolute Gasteiger partial charge is 0.131 e. The molecule has 1 heterocycles. The molecule has 4 nitrogen and oxygen atoms in total. The Labute approximate surface area is 130 Å². The third-order valence-electron chi connectivity index (χ3n) is 2.96. The highest BCUT2D eigenvalue weighted by atomic mass is 15.2. The van der Waals surface area contributed by atoms with Gasteiger partial charge in [-0.25, -0.2) is 4.98 Å². The topological polar surface area (TPSA) is 31.4 Å². The molecule has 0 fully saturated rings. The molecule has 0 aromatic carbocycles. The van der Waals surface area contributed by atoms with Crippen LogP contribution in [0.1, 0.15) is 34.6 Å². The van der Waals surface area contributed by atoms with E-state index < -0.39 is 0 Å². The van der Waals surface area contributed by atoms with E-state index >= 15 is 0 Å². The monoisotopic (exact) mass is 292 g/mol. The predicted molar refractivity (Wildman–Crippen MR) is 93.2 cm³/mol. The highest BCUT2D eigenvalue weighted by Gasteiger charge is 2.13. The molecule has 1 aromatic heterocycles. The fourth-order valence-electron chi connectivity index (χ4n) is 2.11. The van der Waals surface area contributed by atoms with Crippen molar-refractivity contribution in [3.63, 3.8) is 0 Å². The first-order chi connectivity index (χ1) is 9.67. The molecule has 0 saturated carbocycles. The van der Waals surface area contributed by atoms with E-state index in [9.17, 15) is 0 Å². The number of pyridine rings is 1. The number of nitrogens with one attached hydrogen (secondary N) is 1. The highest BCUT2D eigenvalue weighted by Crippen LogP contribution is 2.18. The van der Waals surface area contributed by atoms with Crippen LogP contribution in [0.25, 0.3) is 0 Å². The zero-order valence-electron chi connectivity index (χ0n) is 14.8. The van der Waals surface area contributed by atoms with Gasteiger partial charge in [0.2, 0.25) is 0 Å². The maximum Gasteiger partial charge on any atom is 0.131 e. The van der Waals surface area contributed by atoms with Crippen molar-refractivity contribution in [2.24, 2.45) is 5.92 Å². The molecule has 0 aliphatic heterocycles. The van der Waals surface area contributed by atoms with Crippen molar-refractivity contribution in [1.82, 2.24) is 9.88 Å². The van der Waals surface area contributed by atoms with Crippen LogP contribution in [0.4, 0.5) is 11.6 Å². The maximum atomic E-state index is 4.79. The summed E-state index contributed by atoms with van der Waals surface area (Å²) in [5.74, 6) is 2.62. The largest absolute Gasteiger partial charge is 0.365 e. The van der Waals surface area contributed by atoms with E-state index in [1.54, 1.807) is 0 Å². The molecule has 0 spiro atoms. The Kier molecular flexibility index (Phi) is 6.46. The van der Waals surface area contributed by atoms with Crippen molar-refractivity contribution in [2.75, 3.05) is 43.9 Å². The van der Waals surface area contributed by atoms with Crippen molar-refractivity contribution in [3.05, 3.63) is 18.2 Å². The molecule has 4 heteroatoms. The van der Waals surface area contributed by atoms with Gasteiger partial charge in [0.05, 0.1) is 0 Å². The van der Waals surface area contributed by atoms with Crippen LogP contribution in [-0.4, -0.2) is 49.2 Å². The molecule has 0 radical (unpaired) electrons. The molecule has 1 rings (SSSR count). The summed E-state index contributed by atoms with van der Waals surface area (Å²) >= 11 is 0. The van der Waals surface area contributed by atoms with E-state index in [-0.39, 0.29) is 5.54 Å². The van der Waals surface area contributed by atoms with Gasteiger partial charge in [-0.2, -0.15) is 0 Å². The van der Waals surface area contributed by atoms with Crippen molar-refractivity contribution < 1.29 is 0 Å². The maximum absolute atomic E-state index is 4.79. The van der Waals surface area contributed by atoms with Gasteiger partial charge in [0, 0.05) is 25.2 Å². The van der Waals surface area contributed by atoms with Gasteiger partial charge in [0.15, 0.2) is 0 Å². The second kappa shape index (κ2) is 7.64. The molecule has 0 amide bonds. The second-order valence-corrected chi connectivity index (χ2v) is 7.40. The van der Waals surface area contributed by atoms with Crippen LogP contribution in [0.15, 0.2) is 18.2 Å². The van der Waals surface area contributed by atoms with Crippen LogP contribution in [0.3, 0.4) is 0 Å². The molecule has 1 N–H and O–H groups in total. The van der Waals surface area contributed by atoms with E-state index in [0.717, 1.165) is 31.3 Å². The number of rotatable bonds is 7. The summed E-state index contributed by atoms with van der Waals surface area (Å²) in [7, 11) is 4.22. The van der Waals surface area contributed by atoms with Crippen LogP contribution in [-0.2, 0) is 0 Å². The van der Waals surface area contributed by atoms with Crippen LogP contribution < -0.4 is 10.2 Å². The van der Waals surface area contributed by atoms with Gasteiger partial charge in [-0.3, -0.25) is 0 Å². The quantitative estimate of drug-likeness (QED) is 0.835. The third-order valence-corrected chi connectivity index (χ3v) is 2.96. The van der Waals surface area contributed by atoms with Crippen molar-refractivity contribution in [1.29, 1.82) is 0 Å². The lowest BCUT2D eigenvalue weighted by atomic mass is 10.1. The number of nitrogens with zero attached hydrogens (tertiary/aromatic N) is 3. The summed E-state index contributed by atoms with van der Waals surface area (Å²) in [4.78, 5) is 9.37. The minimum Gasteiger partial charge on any atom is -0.365 e. The first kappa shape index (κ1) is 17.8. The molecule has 120 valence electrons. The molecule has 0 aliphatic rings. The first-order valence-electron chi connectivity index (χ1n) is 7.82. The number of aromatic nitrogens is 1. The van der Waals surface area contributed by atoms with Crippen LogP contribution in [0.2, 0.25) is 0 Å². The Hall–Kier alpha value is -1.29. The van der Waals surface area contributed by atoms with Gasteiger partial charge in [-0.05, 0) is 52.9 Å². The average Bonchev–Trinajstić information content (AvgIpc) is 2.32. The highest BCUT2D eigenvalue weighted by molar-refractivity contribution is 5.48. The molecule has 1 aromatic rings. The zero-order valence-corrected chi connectivity index (χ0v) is 14.8. The lowest BCUT2D eigenvalue weighted by Gasteiger charge is -2.28. The minimum atomic E-state index is 0.0259. The van der Waals surface area contributed by atoms with Crippen LogP contribution in [0.5, 0.6) is 0 Å². The Morgan fingerprint density at radius 3 is 2.33 bits per heavy atom. The molecule has 0 bridgehead atoms. The SMILES string of the molecule is CC(C)CN(CCN(C)C)c1cccc(NC(C)(C)C)n1. The molecule has 0 atom stereocenters. The minimum absolute atomic E-state index is 0.0259. The van der Waals surface area contributed by atoms with Crippen molar-refractivity contribution in [2.45, 2.75) is 40.2 Å². The summed E-state index contributed by atoms with van der Waals surface area (Å²) in [6.45, 7) is 14.0. The van der Waals surface area contributed by atoms with Gasteiger partial charge >= 0.3 is 0 Å². The molecule has 21 heavy (non-hydrogen) atoms. The van der Waals surface area contributed by atoms with E-state index in [1.165, 1.54) is 0 Å². The fraction of sp³-hybridized carbons (Fsp3) is 0.706. The van der Waals surface area contributed by atoms with Gasteiger partial charge in [-0.15, -0.1) is 0 Å².